The lowest BCUT2D eigenvalue weighted by molar-refractivity contribution is -0.154. The van der Waals surface area contributed by atoms with E-state index >= 15 is 0 Å². The van der Waals surface area contributed by atoms with Crippen molar-refractivity contribution in [2.24, 2.45) is 29.2 Å². The number of carboxylic acid groups (broad SMARTS) is 1. The molecule has 2 rings (SSSR count). The number of aliphatic carboxylic acids is 1. The second-order valence-electron chi connectivity index (χ2n) is 8.23. The van der Waals surface area contributed by atoms with Crippen LogP contribution in [0, 0.1) is 17.8 Å². The highest BCUT2D eigenvalue weighted by molar-refractivity contribution is 7.92. The molecule has 0 aromatic carbocycles. The maximum Gasteiger partial charge on any atom is 0.332 e. The van der Waals surface area contributed by atoms with Crippen molar-refractivity contribution in [2.45, 2.75) is 43.7 Å². The standard InChI is InChI=1S/C18H30N4O7S/c1-4-9(2)16(20)30(28,29)8-14(24)21-18(17(26)27)12-7-22(3)6-11(15(19)25)10(12)5-13(18)23/h6,9-10,12-13,16,23H,4-5,7-8,20H2,1-3H3,(H2,19,25)(H,21,24)(H,26,27)/t9-,10-,12+,13-,16+,18+/m0/s1. The number of carbonyl (C=O) groups excluding carboxylic acids is 2. The largest absolute Gasteiger partial charge is 0.479 e. The summed E-state index contributed by atoms with van der Waals surface area (Å²) >= 11 is 0. The number of amides is 2. The predicted octanol–water partition coefficient (Wildman–Crippen LogP) is -2.02. The number of fused-ring (bicyclic) bond motifs is 1. The highest BCUT2D eigenvalue weighted by Crippen LogP contribution is 2.46. The summed E-state index contributed by atoms with van der Waals surface area (Å²) in [5.41, 5.74) is 9.15. The van der Waals surface area contributed by atoms with E-state index in [4.69, 9.17) is 11.5 Å². The molecule has 0 radical (unpaired) electrons. The van der Waals surface area contributed by atoms with E-state index in [1.807, 2.05) is 0 Å². The molecule has 0 bridgehead atoms. The number of nitrogens with two attached hydrogens (primary N) is 2. The number of aliphatic hydroxyl groups is 1. The Labute approximate surface area is 175 Å². The zero-order chi connectivity index (χ0) is 23.0. The van der Waals surface area contributed by atoms with E-state index in [2.05, 4.69) is 5.32 Å². The third-order valence-electron chi connectivity index (χ3n) is 6.25. The number of hydrogen-bond donors (Lipinski definition) is 5. The molecule has 1 saturated carbocycles. The highest BCUT2D eigenvalue weighted by atomic mass is 32.2. The van der Waals surface area contributed by atoms with Crippen LogP contribution in [0.4, 0.5) is 0 Å². The lowest BCUT2D eigenvalue weighted by atomic mass is 9.77. The van der Waals surface area contributed by atoms with Crippen LogP contribution in [0.3, 0.4) is 0 Å². The molecule has 0 unspecified atom stereocenters. The van der Waals surface area contributed by atoms with Gasteiger partial charge in [0.1, 0.15) is 11.1 Å². The van der Waals surface area contributed by atoms with Crippen LogP contribution in [0.25, 0.3) is 0 Å². The Kier molecular flexibility index (Phi) is 6.84. The minimum absolute atomic E-state index is 0.112. The minimum Gasteiger partial charge on any atom is -0.479 e. The van der Waals surface area contributed by atoms with Crippen LogP contribution >= 0.6 is 0 Å². The van der Waals surface area contributed by atoms with Crippen LogP contribution in [-0.2, 0) is 24.2 Å². The van der Waals surface area contributed by atoms with Crippen LogP contribution in [-0.4, -0.2) is 77.7 Å². The summed E-state index contributed by atoms with van der Waals surface area (Å²) in [5.74, 6) is -6.33. The second-order valence-corrected chi connectivity index (χ2v) is 10.4. The third-order valence-corrected chi connectivity index (χ3v) is 8.21. The molecular formula is C18H30N4O7S. The van der Waals surface area contributed by atoms with E-state index in [0.29, 0.717) is 6.42 Å². The van der Waals surface area contributed by atoms with Crippen molar-refractivity contribution in [1.29, 1.82) is 0 Å². The quantitative estimate of drug-likeness (QED) is 0.280. The molecule has 11 nitrogen and oxygen atoms in total. The lowest BCUT2D eigenvalue weighted by Gasteiger charge is -2.40. The van der Waals surface area contributed by atoms with Gasteiger partial charge in [0.05, 0.1) is 6.10 Å². The molecule has 6 atom stereocenters. The molecule has 7 N–H and O–H groups in total. The maximum absolute atomic E-state index is 12.6. The number of aliphatic hydroxyl groups excluding tert-OH is 1. The van der Waals surface area contributed by atoms with Crippen molar-refractivity contribution in [3.8, 4) is 0 Å². The lowest BCUT2D eigenvalue weighted by Crippen LogP contribution is -2.66. The molecular weight excluding hydrogens is 416 g/mol. The number of primary amides is 1. The van der Waals surface area contributed by atoms with Gasteiger partial charge in [0.15, 0.2) is 15.4 Å². The van der Waals surface area contributed by atoms with E-state index in [1.54, 1.807) is 25.8 Å². The zero-order valence-electron chi connectivity index (χ0n) is 17.2. The van der Waals surface area contributed by atoms with Crippen molar-refractivity contribution in [2.75, 3.05) is 19.3 Å². The number of carboxylic acids is 1. The fourth-order valence-corrected chi connectivity index (χ4v) is 5.91. The monoisotopic (exact) mass is 446 g/mol. The van der Waals surface area contributed by atoms with Gasteiger partial charge in [-0.25, -0.2) is 13.2 Å². The van der Waals surface area contributed by atoms with E-state index in [-0.39, 0.29) is 18.5 Å². The first-order valence-corrected chi connectivity index (χ1v) is 11.4. The summed E-state index contributed by atoms with van der Waals surface area (Å²) in [7, 11) is -2.45. The van der Waals surface area contributed by atoms with E-state index in [0.717, 1.165) is 0 Å². The Balaban J connectivity index is 2.35. The fourth-order valence-electron chi connectivity index (χ4n) is 4.38. The van der Waals surface area contributed by atoms with Crippen LogP contribution in [0.2, 0.25) is 0 Å². The molecule has 1 fully saturated rings. The Hall–Kier alpha value is -2.18. The number of nitrogens with zero attached hydrogens (tertiary/aromatic N) is 1. The van der Waals surface area contributed by atoms with Gasteiger partial charge in [0.2, 0.25) is 11.8 Å². The molecule has 170 valence electrons. The Morgan fingerprint density at radius 3 is 2.50 bits per heavy atom. The predicted molar refractivity (Wildman–Crippen MR) is 107 cm³/mol. The summed E-state index contributed by atoms with van der Waals surface area (Å²) in [6, 6.07) is 0. The number of hydrogen-bond acceptors (Lipinski definition) is 8. The first-order valence-electron chi connectivity index (χ1n) is 9.69. The summed E-state index contributed by atoms with van der Waals surface area (Å²) in [6.45, 7) is 3.52. The first kappa shape index (κ1) is 24.1. The van der Waals surface area contributed by atoms with Gasteiger partial charge in [-0.3, -0.25) is 9.59 Å². The maximum atomic E-state index is 12.6. The van der Waals surface area contributed by atoms with Gasteiger partial charge in [-0.2, -0.15) is 0 Å². The molecule has 12 heteroatoms. The third kappa shape index (κ3) is 4.16. The summed E-state index contributed by atoms with van der Waals surface area (Å²) in [6.07, 6.45) is 0.317. The van der Waals surface area contributed by atoms with Crippen molar-refractivity contribution < 1.29 is 33.0 Å². The van der Waals surface area contributed by atoms with Crippen molar-refractivity contribution >= 4 is 27.6 Å². The van der Waals surface area contributed by atoms with Gasteiger partial charge < -0.3 is 31.9 Å². The number of rotatable bonds is 8. The van der Waals surface area contributed by atoms with Gasteiger partial charge in [-0.05, 0) is 12.3 Å². The molecule has 0 aromatic rings. The highest BCUT2D eigenvalue weighted by Gasteiger charge is 2.63. The fraction of sp³-hybridized carbons (Fsp3) is 0.722. The molecule has 1 aliphatic carbocycles. The van der Waals surface area contributed by atoms with Crippen LogP contribution in [0.15, 0.2) is 11.8 Å². The Morgan fingerprint density at radius 1 is 1.40 bits per heavy atom. The molecule has 2 amide bonds. The summed E-state index contributed by atoms with van der Waals surface area (Å²) < 4.78 is 24.9. The molecule has 1 aliphatic heterocycles. The van der Waals surface area contributed by atoms with E-state index in [9.17, 15) is 33.0 Å². The normalized spacial score (nSPS) is 30.8. The number of sulfone groups is 1. The van der Waals surface area contributed by atoms with Gasteiger partial charge >= 0.3 is 5.97 Å². The molecule has 0 aromatic heterocycles. The van der Waals surface area contributed by atoms with E-state index in [1.165, 1.54) is 6.20 Å². The van der Waals surface area contributed by atoms with E-state index < -0.39 is 68.1 Å². The zero-order valence-corrected chi connectivity index (χ0v) is 18.1. The van der Waals surface area contributed by atoms with Gasteiger partial charge in [-0.1, -0.05) is 20.3 Å². The van der Waals surface area contributed by atoms with Crippen molar-refractivity contribution in [3.63, 3.8) is 0 Å². The van der Waals surface area contributed by atoms with Gasteiger partial charge in [0.25, 0.3) is 0 Å². The van der Waals surface area contributed by atoms with Crippen LogP contribution < -0.4 is 16.8 Å². The molecule has 0 saturated heterocycles. The molecule has 2 aliphatic rings. The Bertz CT molecular complexity index is 859. The van der Waals surface area contributed by atoms with Gasteiger partial charge in [0, 0.05) is 37.2 Å². The smallest absolute Gasteiger partial charge is 0.332 e. The molecule has 0 spiro atoms. The number of nitrogens with one attached hydrogen (secondary N) is 1. The minimum atomic E-state index is -4.05. The van der Waals surface area contributed by atoms with Gasteiger partial charge in [-0.15, -0.1) is 0 Å². The summed E-state index contributed by atoms with van der Waals surface area (Å²) in [4.78, 5) is 38.3. The molecule has 1 heterocycles. The van der Waals surface area contributed by atoms with Crippen molar-refractivity contribution in [1.82, 2.24) is 10.2 Å². The first-order chi connectivity index (χ1) is 13.8. The second kappa shape index (κ2) is 8.52. The number of carbonyl (C=O) groups is 3. The average molecular weight is 447 g/mol. The SMILES string of the molecule is CC[C@H](C)[C@H](N)S(=O)(=O)CC(=O)N[C@]1(C(=O)O)[C@@H]2CN(C)C=C(C(N)=O)[C@@H]2C[C@@H]1O. The summed E-state index contributed by atoms with van der Waals surface area (Å²) in [5, 5.41) is 21.6. The Morgan fingerprint density at radius 2 is 2.00 bits per heavy atom. The van der Waals surface area contributed by atoms with Crippen LogP contribution in [0.1, 0.15) is 26.7 Å². The van der Waals surface area contributed by atoms with Crippen LogP contribution in [0.5, 0.6) is 0 Å². The topological polar surface area (TPSA) is 193 Å². The average Bonchev–Trinajstić information content (AvgIpc) is 2.91. The molecule has 30 heavy (non-hydrogen) atoms. The van der Waals surface area contributed by atoms with Crippen molar-refractivity contribution in [3.05, 3.63) is 11.8 Å².